The van der Waals surface area contributed by atoms with E-state index >= 15 is 0 Å². The molecule has 0 saturated carbocycles. The van der Waals surface area contributed by atoms with Gasteiger partial charge in [-0.15, -0.1) is 4.68 Å². The number of nitrogens with two attached hydrogens (primary N) is 2. The van der Waals surface area contributed by atoms with E-state index in [2.05, 4.69) is 0 Å². The van der Waals surface area contributed by atoms with Crippen LogP contribution in [0.5, 0.6) is 0 Å². The molecule has 6 heteroatoms. The molecule has 1 aromatic heterocycles. The molecule has 64 valence electrons. The van der Waals surface area contributed by atoms with Crippen molar-refractivity contribution in [1.82, 2.24) is 0 Å². The summed E-state index contributed by atoms with van der Waals surface area (Å²) in [6.07, 6.45) is 1.69. The molecule has 0 amide bonds. The monoisotopic (exact) mass is 307 g/mol. The maximum absolute atomic E-state index is 5.36. The number of nitrogen functional groups attached to an aromatic ring is 2. The number of hydrogen-bond acceptors (Lipinski definition) is 2. The van der Waals surface area contributed by atoms with Gasteiger partial charge in [-0.2, -0.15) is 0 Å². The van der Waals surface area contributed by atoms with E-state index in [0.717, 1.165) is 0 Å². The molecule has 0 aliphatic heterocycles. The minimum absolute atomic E-state index is 0.466. The van der Waals surface area contributed by atoms with Crippen molar-refractivity contribution >= 4 is 23.6 Å². The van der Waals surface area contributed by atoms with Gasteiger partial charge < -0.3 is 0 Å². The fraction of sp³-hybridized carbons (Fsp3) is 0. The third-order valence-electron chi connectivity index (χ3n) is 0.923. The summed E-state index contributed by atoms with van der Waals surface area (Å²) in [5, 5.41) is 0. The topological polar surface area (TPSA) is 55.9 Å². The Balaban J connectivity index is 0.000000292. The predicted octanol–water partition coefficient (Wildman–Crippen LogP) is -2.35. The maximum Gasteiger partial charge on any atom is 0.295 e. The SMILES string of the molecule is Cl[I-]Cl.Nc1cccc[n+]1N. The molecule has 3 nitrogen and oxygen atoms in total. The summed E-state index contributed by atoms with van der Waals surface area (Å²) in [5.74, 6) is 5.87. The first-order valence-corrected chi connectivity index (χ1v) is 8.07. The quantitative estimate of drug-likeness (QED) is 0.320. The van der Waals surface area contributed by atoms with Crippen molar-refractivity contribution in [2.45, 2.75) is 0 Å². The third-order valence-corrected chi connectivity index (χ3v) is 0.923. The first-order valence-electron chi connectivity index (χ1n) is 2.60. The Kier molecular flexibility index (Phi) is 6.79. The number of pyridine rings is 1. The minimum Gasteiger partial charge on any atom is -0.285 e. The van der Waals surface area contributed by atoms with Crippen LogP contribution >= 0.6 is 17.8 Å². The van der Waals surface area contributed by atoms with Crippen molar-refractivity contribution in [3.8, 4) is 0 Å². The van der Waals surface area contributed by atoms with Crippen LogP contribution in [-0.2, 0) is 0 Å². The van der Waals surface area contributed by atoms with E-state index in [4.69, 9.17) is 29.4 Å². The van der Waals surface area contributed by atoms with Crippen molar-refractivity contribution in [3.05, 3.63) is 24.4 Å². The Morgan fingerprint density at radius 1 is 1.36 bits per heavy atom. The van der Waals surface area contributed by atoms with Gasteiger partial charge in [-0.3, -0.25) is 11.6 Å². The molecule has 4 N–H and O–H groups in total. The molecule has 1 aromatic rings. The Labute approximate surface area is 82.9 Å². The second-order valence-corrected chi connectivity index (χ2v) is 4.79. The van der Waals surface area contributed by atoms with Gasteiger partial charge in [0.1, 0.15) is 6.20 Å². The van der Waals surface area contributed by atoms with Crippen molar-refractivity contribution in [2.24, 2.45) is 0 Å². The first-order chi connectivity index (χ1) is 5.22. The molecule has 0 saturated heterocycles. The molecule has 0 atom stereocenters. The predicted molar refractivity (Wildman–Crippen MR) is 42.9 cm³/mol. The second kappa shape index (κ2) is 6.75. The fourth-order valence-electron chi connectivity index (χ4n) is 0.469. The van der Waals surface area contributed by atoms with Gasteiger partial charge >= 0.3 is 36.8 Å². The molecule has 1 heterocycles. The van der Waals surface area contributed by atoms with E-state index in [1.807, 2.05) is 12.1 Å². The van der Waals surface area contributed by atoms with Gasteiger partial charge in [-0.25, -0.2) is 0 Å². The molecular weight excluding hydrogens is 300 g/mol. The molecular formula is C5H8Cl2IN3. The molecule has 0 aliphatic rings. The van der Waals surface area contributed by atoms with Gasteiger partial charge in [0.05, 0.1) is 0 Å². The average molecular weight is 308 g/mol. The number of aromatic nitrogens is 1. The van der Waals surface area contributed by atoms with Crippen molar-refractivity contribution in [2.75, 3.05) is 11.6 Å². The largest absolute Gasteiger partial charge is 0.295 e. The third kappa shape index (κ3) is 5.34. The van der Waals surface area contributed by atoms with Gasteiger partial charge in [0.25, 0.3) is 5.82 Å². The molecule has 0 spiro atoms. The van der Waals surface area contributed by atoms with Crippen LogP contribution in [-0.4, -0.2) is 0 Å². The van der Waals surface area contributed by atoms with Crippen LogP contribution < -0.4 is 35.2 Å². The molecule has 0 aromatic carbocycles. The van der Waals surface area contributed by atoms with Gasteiger partial charge in [0, 0.05) is 6.07 Å². The van der Waals surface area contributed by atoms with Crippen LogP contribution in [0.15, 0.2) is 24.4 Å². The smallest absolute Gasteiger partial charge is 0.285 e. The first kappa shape index (κ1) is 11.1. The number of halogens is 3. The molecule has 0 bridgehead atoms. The van der Waals surface area contributed by atoms with E-state index in [9.17, 15) is 0 Å². The standard InChI is InChI=1S/C5H7N3.Cl2I/c6-5-3-1-2-4-8(5)7;1-3-2/h1-4,6H,7H2;/q;-1/p+1. The second-order valence-electron chi connectivity index (χ2n) is 1.59. The minimum atomic E-state index is -0.466. The maximum atomic E-state index is 5.36. The van der Waals surface area contributed by atoms with Gasteiger partial charge in [0.15, 0.2) is 0 Å². The number of nitrogens with zero attached hydrogens (tertiary/aromatic N) is 1. The Morgan fingerprint density at radius 3 is 2.18 bits per heavy atom. The van der Waals surface area contributed by atoms with E-state index in [1.165, 1.54) is 4.68 Å². The van der Waals surface area contributed by atoms with Gasteiger partial charge in [-0.05, 0) is 6.07 Å². The zero-order valence-corrected chi connectivity index (χ0v) is 9.21. The molecule has 11 heavy (non-hydrogen) atoms. The van der Waals surface area contributed by atoms with Crippen LogP contribution in [0.1, 0.15) is 0 Å². The molecule has 0 radical (unpaired) electrons. The summed E-state index contributed by atoms with van der Waals surface area (Å²) in [5.41, 5.74) is 5.36. The summed E-state index contributed by atoms with van der Waals surface area (Å²) >= 11 is -0.466. The summed E-state index contributed by atoms with van der Waals surface area (Å²) in [6.45, 7) is 0. The molecule has 1 rings (SSSR count). The van der Waals surface area contributed by atoms with Crippen molar-refractivity contribution < 1.29 is 23.6 Å². The summed E-state index contributed by atoms with van der Waals surface area (Å²) < 4.78 is 1.36. The summed E-state index contributed by atoms with van der Waals surface area (Å²) in [4.78, 5) is 0. The van der Waals surface area contributed by atoms with E-state index in [-0.39, 0.29) is 0 Å². The van der Waals surface area contributed by atoms with Crippen molar-refractivity contribution in [3.63, 3.8) is 0 Å². The van der Waals surface area contributed by atoms with Crippen LogP contribution in [0.2, 0.25) is 0 Å². The van der Waals surface area contributed by atoms with Gasteiger partial charge in [0.2, 0.25) is 0 Å². The molecule has 0 fully saturated rings. The average Bonchev–Trinajstić information content (AvgIpc) is 1.97. The van der Waals surface area contributed by atoms with Crippen LogP contribution in [0.25, 0.3) is 0 Å². The van der Waals surface area contributed by atoms with E-state index < -0.39 is 18.9 Å². The summed E-state index contributed by atoms with van der Waals surface area (Å²) in [7, 11) is 9.75. The number of hydrogen-bond donors (Lipinski definition) is 2. The molecule has 0 aliphatic carbocycles. The van der Waals surface area contributed by atoms with Crippen LogP contribution in [0, 0.1) is 0 Å². The zero-order chi connectivity index (χ0) is 8.69. The Hall–Kier alpha value is 0.0600. The number of rotatable bonds is 0. The number of anilines is 1. The zero-order valence-electron chi connectivity index (χ0n) is 5.55. The Bertz CT molecular complexity index is 188. The van der Waals surface area contributed by atoms with Crippen LogP contribution in [0.4, 0.5) is 5.82 Å². The molecule has 0 unspecified atom stereocenters. The van der Waals surface area contributed by atoms with Gasteiger partial charge in [-0.1, -0.05) is 6.07 Å². The van der Waals surface area contributed by atoms with E-state index in [0.29, 0.717) is 5.82 Å². The Morgan fingerprint density at radius 2 is 1.91 bits per heavy atom. The van der Waals surface area contributed by atoms with Crippen molar-refractivity contribution in [1.29, 1.82) is 0 Å². The summed E-state index contributed by atoms with van der Waals surface area (Å²) in [6, 6.07) is 5.38. The normalized spacial score (nSPS) is 8.55. The van der Waals surface area contributed by atoms with Crippen LogP contribution in [0.3, 0.4) is 0 Å². The fourth-order valence-corrected chi connectivity index (χ4v) is 0.469. The van der Waals surface area contributed by atoms with E-state index in [1.54, 1.807) is 12.3 Å².